The maximum absolute atomic E-state index is 13.2. The Morgan fingerprint density at radius 1 is 0.712 bits per heavy atom. The Morgan fingerprint density at radius 3 is 1.68 bits per heavy atom. The summed E-state index contributed by atoms with van der Waals surface area (Å²) in [5, 5.41) is 10.4. The molecule has 8 aromatic rings. The number of fused-ring (bicyclic) bond motifs is 2. The van der Waals surface area contributed by atoms with Crippen LogP contribution in [0.3, 0.4) is 0 Å². The highest BCUT2D eigenvalue weighted by molar-refractivity contribution is 5.89. The number of aliphatic hydroxyl groups is 1. The van der Waals surface area contributed by atoms with Crippen molar-refractivity contribution in [3.63, 3.8) is 0 Å². The van der Waals surface area contributed by atoms with Crippen LogP contribution in [0.4, 0.5) is 17.6 Å². The number of hydrogen-bond acceptors (Lipinski definition) is 9. The highest BCUT2D eigenvalue weighted by Crippen LogP contribution is 2.34. The second-order valence-corrected chi connectivity index (χ2v) is 14.2. The summed E-state index contributed by atoms with van der Waals surface area (Å²) in [6.07, 6.45) is 4.21. The van der Waals surface area contributed by atoms with Gasteiger partial charge in [-0.05, 0) is 83.1 Å². The zero-order chi connectivity index (χ0) is 42.0. The third kappa shape index (κ3) is 8.60. The second kappa shape index (κ2) is 16.6. The van der Waals surface area contributed by atoms with E-state index < -0.39 is 37.5 Å². The molecule has 0 atom stereocenters. The molecule has 0 fully saturated rings. The van der Waals surface area contributed by atoms with Crippen molar-refractivity contribution in [1.82, 2.24) is 47.8 Å². The molecule has 59 heavy (non-hydrogen) atoms. The van der Waals surface area contributed by atoms with Crippen molar-refractivity contribution in [2.24, 2.45) is 0 Å². The molecule has 1 N–H and O–H groups in total. The average Bonchev–Trinajstić information content (AvgIpc) is 3.99. The summed E-state index contributed by atoms with van der Waals surface area (Å²) in [5.74, 6) is -0.510. The Morgan fingerprint density at radius 2 is 1.20 bits per heavy atom. The molecule has 0 spiro atoms. The first-order valence-electron chi connectivity index (χ1n) is 18.6. The molecular formula is C42H40F4N10O3. The SMILES string of the molecule is CCOC(=O)c1cnc2ccc(-c3c(-c4cccc(C)n4)ncn3CC(F)F)cn12.Cc1cccc(-c2ncn(CC(F)F)c2-c2ccc3ncc(C(C)(C)O)n3c2)n1. The number of aryl methyl sites for hydroxylation is 2. The number of halogens is 4. The number of imidazole rings is 4. The first kappa shape index (κ1) is 40.4. The highest BCUT2D eigenvalue weighted by atomic mass is 19.3. The summed E-state index contributed by atoms with van der Waals surface area (Å²) in [6, 6.07) is 18.1. The molecule has 304 valence electrons. The molecule has 0 aliphatic carbocycles. The van der Waals surface area contributed by atoms with Crippen molar-refractivity contribution in [1.29, 1.82) is 0 Å². The largest absolute Gasteiger partial charge is 0.461 e. The molecule has 8 aromatic heterocycles. The van der Waals surface area contributed by atoms with Gasteiger partial charge in [0.2, 0.25) is 0 Å². The number of carbonyl (C=O) groups excluding carboxylic acids is 1. The van der Waals surface area contributed by atoms with Crippen molar-refractivity contribution < 1.29 is 32.2 Å². The van der Waals surface area contributed by atoms with Gasteiger partial charge in [-0.15, -0.1) is 0 Å². The zero-order valence-corrected chi connectivity index (χ0v) is 32.8. The van der Waals surface area contributed by atoms with Crippen LogP contribution in [0.5, 0.6) is 0 Å². The molecule has 0 bridgehead atoms. The molecule has 0 aliphatic rings. The predicted molar refractivity (Wildman–Crippen MR) is 212 cm³/mol. The van der Waals surface area contributed by atoms with Gasteiger partial charge >= 0.3 is 5.97 Å². The van der Waals surface area contributed by atoms with Crippen LogP contribution < -0.4 is 0 Å². The summed E-state index contributed by atoms with van der Waals surface area (Å²) < 4.78 is 64.1. The van der Waals surface area contributed by atoms with Crippen molar-refractivity contribution in [2.45, 2.75) is 66.2 Å². The Balaban J connectivity index is 0.000000179. The summed E-state index contributed by atoms with van der Waals surface area (Å²) >= 11 is 0. The van der Waals surface area contributed by atoms with Crippen LogP contribution in [-0.4, -0.2) is 78.4 Å². The number of alkyl halides is 4. The molecule has 0 radical (unpaired) electrons. The molecule has 8 rings (SSSR count). The van der Waals surface area contributed by atoms with E-state index in [0.29, 0.717) is 62.3 Å². The maximum Gasteiger partial charge on any atom is 0.356 e. The fourth-order valence-corrected chi connectivity index (χ4v) is 6.72. The second-order valence-electron chi connectivity index (χ2n) is 14.2. The minimum atomic E-state index is -2.55. The van der Waals surface area contributed by atoms with Gasteiger partial charge in [-0.1, -0.05) is 12.1 Å². The van der Waals surface area contributed by atoms with E-state index >= 15 is 0 Å². The van der Waals surface area contributed by atoms with Gasteiger partial charge in [-0.3, -0.25) is 14.4 Å². The summed E-state index contributed by atoms with van der Waals surface area (Å²) in [7, 11) is 0. The number of esters is 1. The number of nitrogens with zero attached hydrogens (tertiary/aromatic N) is 10. The monoisotopic (exact) mass is 808 g/mol. The molecule has 8 heterocycles. The Hall–Kier alpha value is -6.75. The molecule has 0 aliphatic heterocycles. The van der Waals surface area contributed by atoms with Gasteiger partial charge in [0.05, 0.1) is 73.2 Å². The van der Waals surface area contributed by atoms with Crippen molar-refractivity contribution in [3.05, 3.63) is 121 Å². The Kier molecular flexibility index (Phi) is 11.4. The van der Waals surface area contributed by atoms with E-state index in [1.165, 1.54) is 28.0 Å². The van der Waals surface area contributed by atoms with Crippen LogP contribution in [0.1, 0.15) is 48.3 Å². The van der Waals surface area contributed by atoms with E-state index in [9.17, 15) is 27.5 Å². The van der Waals surface area contributed by atoms with Gasteiger partial charge in [0.15, 0.2) is 5.69 Å². The Labute approximate surface area is 335 Å². The smallest absolute Gasteiger partial charge is 0.356 e. The van der Waals surface area contributed by atoms with Crippen LogP contribution in [0.25, 0.3) is 56.6 Å². The third-order valence-corrected chi connectivity index (χ3v) is 9.28. The van der Waals surface area contributed by atoms with E-state index in [-0.39, 0.29) is 12.3 Å². The molecular weight excluding hydrogens is 769 g/mol. The van der Waals surface area contributed by atoms with Crippen LogP contribution in [0.2, 0.25) is 0 Å². The van der Waals surface area contributed by atoms with Crippen molar-refractivity contribution >= 4 is 17.3 Å². The molecule has 0 saturated carbocycles. The lowest BCUT2D eigenvalue weighted by atomic mass is 10.1. The lowest BCUT2D eigenvalue weighted by Gasteiger charge is -2.17. The minimum absolute atomic E-state index is 0.232. The van der Waals surface area contributed by atoms with E-state index in [0.717, 1.165) is 11.4 Å². The number of ether oxygens (including phenoxy) is 1. The van der Waals surface area contributed by atoms with E-state index in [2.05, 4.69) is 29.9 Å². The quantitative estimate of drug-likeness (QED) is 0.101. The molecule has 17 heteroatoms. The molecule has 0 saturated heterocycles. The summed E-state index contributed by atoms with van der Waals surface area (Å²) in [5.41, 5.74) is 7.04. The number of rotatable bonds is 11. The standard InChI is InChI=1S/C21H19F2N5O2.C21H21F2N5O/c1-3-30-21(29)16-9-24-18-8-7-14(10-28(16)18)20-19(15-6-4-5-13(2)26-15)25-12-27(20)11-17(22)23;1-13-5-4-6-15(26-13)19-20(27(12-25-19)11-17(22)23)14-7-8-18-24-9-16(21(2,3)29)28(18)10-14/h4-10,12,17H,3,11H2,1-2H3;4-10,12,17,29H,11H2,1-3H3. The topological polar surface area (TPSA) is 143 Å². The van der Waals surface area contributed by atoms with Gasteiger partial charge in [-0.2, -0.15) is 0 Å². The fraction of sp³-hybridized carbons (Fsp3) is 0.262. The lowest BCUT2D eigenvalue weighted by molar-refractivity contribution is 0.0518. The number of carbonyl (C=O) groups is 1. The predicted octanol–water partition coefficient (Wildman–Crippen LogP) is 8.07. The van der Waals surface area contributed by atoms with E-state index in [1.807, 2.05) is 50.2 Å². The van der Waals surface area contributed by atoms with Gasteiger partial charge in [-0.25, -0.2) is 42.3 Å². The van der Waals surface area contributed by atoms with Crippen LogP contribution in [0.15, 0.2) is 98.1 Å². The minimum Gasteiger partial charge on any atom is -0.461 e. The first-order valence-corrected chi connectivity index (χ1v) is 18.6. The van der Waals surface area contributed by atoms with E-state index in [4.69, 9.17) is 4.74 Å². The lowest BCUT2D eigenvalue weighted by Crippen LogP contribution is -2.18. The molecule has 0 amide bonds. The van der Waals surface area contributed by atoms with Crippen molar-refractivity contribution in [3.8, 4) is 45.3 Å². The van der Waals surface area contributed by atoms with Gasteiger partial charge < -0.3 is 23.4 Å². The molecule has 0 unspecified atom stereocenters. The van der Waals surface area contributed by atoms with Crippen LogP contribution >= 0.6 is 0 Å². The molecule has 0 aromatic carbocycles. The van der Waals surface area contributed by atoms with Gasteiger partial charge in [0.25, 0.3) is 12.9 Å². The normalized spacial score (nSPS) is 11.8. The number of pyridine rings is 4. The third-order valence-electron chi connectivity index (χ3n) is 9.28. The summed E-state index contributed by atoms with van der Waals surface area (Å²) in [6.45, 7) is 8.02. The first-order chi connectivity index (χ1) is 28.2. The van der Waals surface area contributed by atoms with Crippen LogP contribution in [-0.2, 0) is 23.4 Å². The van der Waals surface area contributed by atoms with Gasteiger partial charge in [0.1, 0.15) is 28.3 Å². The molecule has 13 nitrogen and oxygen atoms in total. The number of aromatic nitrogens is 10. The number of hydrogen-bond donors (Lipinski definition) is 1. The average molecular weight is 809 g/mol. The Bertz CT molecular complexity index is 2760. The van der Waals surface area contributed by atoms with Crippen LogP contribution in [0, 0.1) is 13.8 Å². The van der Waals surface area contributed by atoms with Crippen molar-refractivity contribution in [2.75, 3.05) is 6.61 Å². The fourth-order valence-electron chi connectivity index (χ4n) is 6.72. The maximum atomic E-state index is 13.2. The van der Waals surface area contributed by atoms with Gasteiger partial charge in [0, 0.05) is 34.9 Å². The highest BCUT2D eigenvalue weighted by Gasteiger charge is 2.24. The zero-order valence-electron chi connectivity index (χ0n) is 32.8. The summed E-state index contributed by atoms with van der Waals surface area (Å²) in [4.78, 5) is 38.5. The van der Waals surface area contributed by atoms with E-state index in [1.54, 1.807) is 72.4 Å².